The Hall–Kier alpha value is -2.15. The molecule has 3 N–H and O–H groups in total. The van der Waals surface area contributed by atoms with Crippen LogP contribution in [-0.2, 0) is 22.5 Å². The predicted molar refractivity (Wildman–Crippen MR) is 71.7 cm³/mol. The number of hydrogen-bond donors (Lipinski definition) is 3. The molecule has 7 nitrogen and oxygen atoms in total. The molecule has 1 aromatic rings. The lowest BCUT2D eigenvalue weighted by Gasteiger charge is -2.16. The molecule has 0 saturated heterocycles. The molecule has 0 fully saturated rings. The number of fused-ring (bicyclic) bond motifs is 1. The molecule has 0 saturated carbocycles. The number of pyridine rings is 1. The van der Waals surface area contributed by atoms with Crippen LogP contribution in [0.25, 0.3) is 0 Å². The number of hydrogen-bond acceptors (Lipinski definition) is 5. The van der Waals surface area contributed by atoms with Crippen molar-refractivity contribution in [2.45, 2.75) is 26.8 Å². The van der Waals surface area contributed by atoms with E-state index in [4.69, 9.17) is 14.6 Å². The highest BCUT2D eigenvalue weighted by Crippen LogP contribution is 2.10. The Bertz CT molecular complexity index is 546. The number of carbonyl (C=O) groups is 2. The van der Waals surface area contributed by atoms with Crippen molar-refractivity contribution in [3.63, 3.8) is 0 Å². The Morgan fingerprint density at radius 2 is 2.10 bits per heavy atom. The topological polar surface area (TPSA) is 108 Å². The van der Waals surface area contributed by atoms with Crippen molar-refractivity contribution in [3.05, 3.63) is 33.2 Å². The summed E-state index contributed by atoms with van der Waals surface area (Å²) in [6.45, 7) is 4.60. The van der Waals surface area contributed by atoms with Crippen molar-refractivity contribution in [2.24, 2.45) is 0 Å². The molecule has 110 valence electrons. The standard InChI is InChI=1S/C11H14N2O3.C2H4O2/c1-2-16-11(15)8-5-7-6-12-4-3-9(7)13-10(8)14;1-2(3)4/h5,12H,2-4,6H2,1H3,(H,13,14);1H3,(H,3,4). The summed E-state index contributed by atoms with van der Waals surface area (Å²) >= 11 is 0. The number of aromatic amines is 1. The van der Waals surface area contributed by atoms with Crippen LogP contribution in [-0.4, -0.2) is 35.2 Å². The molecule has 0 aromatic carbocycles. The molecule has 0 amide bonds. The van der Waals surface area contributed by atoms with Gasteiger partial charge >= 0.3 is 5.97 Å². The van der Waals surface area contributed by atoms with Crippen LogP contribution in [0, 0.1) is 0 Å². The Balaban J connectivity index is 0.000000444. The minimum Gasteiger partial charge on any atom is -0.481 e. The molecule has 2 rings (SSSR count). The highest BCUT2D eigenvalue weighted by Gasteiger charge is 2.17. The van der Waals surface area contributed by atoms with Crippen LogP contribution in [0.5, 0.6) is 0 Å². The van der Waals surface area contributed by atoms with E-state index < -0.39 is 11.9 Å². The number of esters is 1. The number of ether oxygens (including phenoxy) is 1. The summed E-state index contributed by atoms with van der Waals surface area (Å²) in [5.41, 5.74) is 1.61. The van der Waals surface area contributed by atoms with Crippen molar-refractivity contribution in [3.8, 4) is 0 Å². The lowest BCUT2D eigenvalue weighted by Crippen LogP contribution is -2.29. The Labute approximate surface area is 116 Å². The first kappa shape index (κ1) is 15.9. The van der Waals surface area contributed by atoms with E-state index in [1.165, 1.54) is 0 Å². The fraction of sp³-hybridized carbons (Fsp3) is 0.462. The maximum absolute atomic E-state index is 11.6. The number of H-pyrrole nitrogens is 1. The molecule has 7 heteroatoms. The van der Waals surface area contributed by atoms with Crippen molar-refractivity contribution in [1.29, 1.82) is 0 Å². The van der Waals surface area contributed by atoms with Gasteiger partial charge in [0.2, 0.25) is 0 Å². The van der Waals surface area contributed by atoms with E-state index in [2.05, 4.69) is 10.3 Å². The zero-order chi connectivity index (χ0) is 15.1. The maximum Gasteiger partial charge on any atom is 0.343 e. The van der Waals surface area contributed by atoms with Gasteiger partial charge in [0.25, 0.3) is 11.5 Å². The molecule has 0 aliphatic carbocycles. The van der Waals surface area contributed by atoms with Gasteiger partial charge in [0.1, 0.15) is 5.56 Å². The third kappa shape index (κ3) is 4.51. The molecule has 0 radical (unpaired) electrons. The van der Waals surface area contributed by atoms with Crippen molar-refractivity contribution in [2.75, 3.05) is 13.2 Å². The van der Waals surface area contributed by atoms with Crippen LogP contribution in [0.3, 0.4) is 0 Å². The SMILES string of the molecule is CC(=O)O.CCOC(=O)c1cc2c([nH]c1=O)CCNC2. The van der Waals surface area contributed by atoms with Crippen molar-refractivity contribution in [1.82, 2.24) is 10.3 Å². The monoisotopic (exact) mass is 282 g/mol. The second-order valence-corrected chi connectivity index (χ2v) is 4.18. The van der Waals surface area contributed by atoms with Crippen LogP contribution in [0.4, 0.5) is 0 Å². The van der Waals surface area contributed by atoms with Gasteiger partial charge in [0, 0.05) is 32.1 Å². The largest absolute Gasteiger partial charge is 0.481 e. The molecular weight excluding hydrogens is 264 g/mol. The highest BCUT2D eigenvalue weighted by atomic mass is 16.5. The average Bonchev–Trinajstić information content (AvgIpc) is 2.37. The maximum atomic E-state index is 11.6. The fourth-order valence-electron chi connectivity index (χ4n) is 1.79. The quantitative estimate of drug-likeness (QED) is 0.673. The first-order chi connectivity index (χ1) is 9.45. The van der Waals surface area contributed by atoms with Gasteiger partial charge in [0.15, 0.2) is 0 Å². The third-order valence-corrected chi connectivity index (χ3v) is 2.58. The molecule has 1 aliphatic heterocycles. The molecule has 0 unspecified atom stereocenters. The zero-order valence-corrected chi connectivity index (χ0v) is 11.5. The Morgan fingerprint density at radius 3 is 2.70 bits per heavy atom. The minimum atomic E-state index is -0.833. The predicted octanol–water partition coefficient (Wildman–Crippen LogP) is 0.288. The van der Waals surface area contributed by atoms with Gasteiger partial charge in [-0.3, -0.25) is 9.59 Å². The summed E-state index contributed by atoms with van der Waals surface area (Å²) in [6, 6.07) is 1.62. The molecule has 1 aliphatic rings. The van der Waals surface area contributed by atoms with Crippen LogP contribution in [0.15, 0.2) is 10.9 Å². The Kier molecular flexibility index (Phi) is 5.92. The minimum absolute atomic E-state index is 0.0873. The van der Waals surface area contributed by atoms with Gasteiger partial charge < -0.3 is 20.1 Å². The number of carboxylic acids is 1. The van der Waals surface area contributed by atoms with Gasteiger partial charge in [-0.1, -0.05) is 0 Å². The fourth-order valence-corrected chi connectivity index (χ4v) is 1.79. The number of carbonyl (C=O) groups excluding carboxylic acids is 1. The normalized spacial score (nSPS) is 12.7. The first-order valence-corrected chi connectivity index (χ1v) is 6.28. The van der Waals surface area contributed by atoms with Crippen LogP contribution < -0.4 is 10.9 Å². The van der Waals surface area contributed by atoms with E-state index in [1.807, 2.05) is 0 Å². The Morgan fingerprint density at radius 1 is 1.45 bits per heavy atom. The van der Waals surface area contributed by atoms with Crippen LogP contribution in [0.2, 0.25) is 0 Å². The zero-order valence-electron chi connectivity index (χ0n) is 11.5. The molecule has 0 spiro atoms. The van der Waals surface area contributed by atoms with Crippen molar-refractivity contribution < 1.29 is 19.4 Å². The van der Waals surface area contributed by atoms with Crippen molar-refractivity contribution >= 4 is 11.9 Å². The van der Waals surface area contributed by atoms with E-state index in [-0.39, 0.29) is 17.7 Å². The van der Waals surface area contributed by atoms with E-state index in [0.29, 0.717) is 6.54 Å². The summed E-state index contributed by atoms with van der Waals surface area (Å²) in [5, 5.41) is 10.6. The molecule has 0 atom stereocenters. The van der Waals surface area contributed by atoms with Gasteiger partial charge in [-0.2, -0.15) is 0 Å². The van der Waals surface area contributed by atoms with E-state index in [1.54, 1.807) is 13.0 Å². The number of aliphatic carboxylic acids is 1. The number of aromatic nitrogens is 1. The average molecular weight is 282 g/mol. The van der Waals surface area contributed by atoms with E-state index >= 15 is 0 Å². The van der Waals surface area contributed by atoms with Gasteiger partial charge in [-0.25, -0.2) is 4.79 Å². The van der Waals surface area contributed by atoms with Gasteiger partial charge in [0.05, 0.1) is 6.61 Å². The summed E-state index contributed by atoms with van der Waals surface area (Å²) < 4.78 is 4.82. The molecule has 20 heavy (non-hydrogen) atoms. The van der Waals surface area contributed by atoms with E-state index in [9.17, 15) is 9.59 Å². The van der Waals surface area contributed by atoms with E-state index in [0.717, 1.165) is 31.1 Å². The molecule has 1 aromatic heterocycles. The molecule has 0 bridgehead atoms. The number of rotatable bonds is 2. The third-order valence-electron chi connectivity index (χ3n) is 2.58. The summed E-state index contributed by atoms with van der Waals surface area (Å²) in [7, 11) is 0. The van der Waals surface area contributed by atoms with Gasteiger partial charge in [-0.15, -0.1) is 0 Å². The summed E-state index contributed by atoms with van der Waals surface area (Å²) in [6.07, 6.45) is 0.785. The first-order valence-electron chi connectivity index (χ1n) is 6.28. The second-order valence-electron chi connectivity index (χ2n) is 4.18. The highest BCUT2D eigenvalue weighted by molar-refractivity contribution is 5.89. The lowest BCUT2D eigenvalue weighted by atomic mass is 10.1. The second kappa shape index (κ2) is 7.44. The summed E-state index contributed by atoms with van der Waals surface area (Å²) in [4.78, 5) is 34.9. The smallest absolute Gasteiger partial charge is 0.343 e. The van der Waals surface area contributed by atoms with Gasteiger partial charge in [-0.05, 0) is 18.6 Å². The molecular formula is C13H18N2O5. The lowest BCUT2D eigenvalue weighted by molar-refractivity contribution is -0.134. The number of carboxylic acid groups (broad SMARTS) is 1. The van der Waals surface area contributed by atoms with Crippen LogP contribution in [0.1, 0.15) is 35.5 Å². The molecule has 2 heterocycles. The summed E-state index contributed by atoms with van der Waals surface area (Å²) in [5.74, 6) is -1.39. The van der Waals surface area contributed by atoms with Crippen LogP contribution >= 0.6 is 0 Å². The number of nitrogens with one attached hydrogen (secondary N) is 2.